The van der Waals surface area contributed by atoms with E-state index in [0.29, 0.717) is 17.9 Å². The van der Waals surface area contributed by atoms with Gasteiger partial charge in [-0.05, 0) is 57.9 Å². The Morgan fingerprint density at radius 2 is 1.83 bits per heavy atom. The molecular weight excluding hydrogens is 440 g/mol. The Kier molecular flexibility index (Phi) is 6.46. The molecule has 0 unspecified atom stereocenters. The van der Waals surface area contributed by atoms with E-state index >= 15 is 0 Å². The van der Waals surface area contributed by atoms with Crippen molar-refractivity contribution in [3.63, 3.8) is 0 Å². The molecule has 1 N–H and O–H groups in total. The van der Waals surface area contributed by atoms with Gasteiger partial charge < -0.3 is 14.8 Å². The number of hydrogen-bond acceptors (Lipinski definition) is 5. The van der Waals surface area contributed by atoms with Gasteiger partial charge in [-0.1, -0.05) is 24.3 Å². The van der Waals surface area contributed by atoms with Crippen molar-refractivity contribution in [1.29, 1.82) is 0 Å². The number of ether oxygens (including phenoxy) is 2. The van der Waals surface area contributed by atoms with Crippen LogP contribution in [0.2, 0.25) is 0 Å². The first kappa shape index (κ1) is 20.3. The molecular formula is C21H17BrN2O5. The van der Waals surface area contributed by atoms with E-state index < -0.39 is 10.8 Å². The molecule has 0 heterocycles. The summed E-state index contributed by atoms with van der Waals surface area (Å²) in [6.45, 7) is 0.342. The van der Waals surface area contributed by atoms with Crippen molar-refractivity contribution in [2.24, 2.45) is 0 Å². The molecule has 148 valence electrons. The van der Waals surface area contributed by atoms with E-state index in [1.54, 1.807) is 30.3 Å². The van der Waals surface area contributed by atoms with Crippen LogP contribution in [0.25, 0.3) is 0 Å². The number of halogens is 1. The monoisotopic (exact) mass is 456 g/mol. The fraction of sp³-hybridized carbons (Fsp3) is 0.0952. The number of nitro groups is 1. The van der Waals surface area contributed by atoms with Crippen LogP contribution in [-0.2, 0) is 6.61 Å². The fourth-order valence-corrected chi connectivity index (χ4v) is 2.96. The van der Waals surface area contributed by atoms with Crippen LogP contribution in [0.1, 0.15) is 15.9 Å². The van der Waals surface area contributed by atoms with Gasteiger partial charge in [0.25, 0.3) is 11.6 Å². The summed E-state index contributed by atoms with van der Waals surface area (Å²) in [5, 5.41) is 13.8. The highest BCUT2D eigenvalue weighted by molar-refractivity contribution is 9.10. The van der Waals surface area contributed by atoms with E-state index in [9.17, 15) is 14.9 Å². The maximum Gasteiger partial charge on any atom is 0.296 e. The molecule has 3 aromatic carbocycles. The first-order valence-electron chi connectivity index (χ1n) is 8.58. The Morgan fingerprint density at radius 1 is 1.10 bits per heavy atom. The van der Waals surface area contributed by atoms with Crippen molar-refractivity contribution in [2.45, 2.75) is 6.61 Å². The second-order valence-corrected chi connectivity index (χ2v) is 6.86. The van der Waals surface area contributed by atoms with E-state index in [1.165, 1.54) is 19.2 Å². The van der Waals surface area contributed by atoms with E-state index in [4.69, 9.17) is 9.47 Å². The van der Waals surface area contributed by atoms with Crippen molar-refractivity contribution in [3.8, 4) is 11.5 Å². The van der Waals surface area contributed by atoms with Crippen LogP contribution in [0.3, 0.4) is 0 Å². The highest BCUT2D eigenvalue weighted by Gasteiger charge is 2.18. The number of rotatable bonds is 7. The predicted octanol–water partition coefficient (Wildman–Crippen LogP) is 5.20. The first-order chi connectivity index (χ1) is 14.0. The summed E-state index contributed by atoms with van der Waals surface area (Å²) in [7, 11) is 1.42. The van der Waals surface area contributed by atoms with Gasteiger partial charge in [0, 0.05) is 5.56 Å². The Bertz CT molecular complexity index is 1040. The molecule has 0 aliphatic heterocycles. The molecule has 0 spiro atoms. The molecule has 0 bridgehead atoms. The summed E-state index contributed by atoms with van der Waals surface area (Å²) in [4.78, 5) is 23.2. The van der Waals surface area contributed by atoms with Crippen LogP contribution in [0.15, 0.2) is 71.2 Å². The van der Waals surface area contributed by atoms with Gasteiger partial charge in [-0.25, -0.2) is 0 Å². The lowest BCUT2D eigenvalue weighted by molar-refractivity contribution is -0.384. The second-order valence-electron chi connectivity index (χ2n) is 6.01. The van der Waals surface area contributed by atoms with Gasteiger partial charge in [-0.15, -0.1) is 0 Å². The minimum Gasteiger partial charge on any atom is -0.496 e. The third kappa shape index (κ3) is 5.11. The van der Waals surface area contributed by atoms with Gasteiger partial charge in [0.15, 0.2) is 0 Å². The van der Waals surface area contributed by atoms with Crippen molar-refractivity contribution >= 4 is 33.2 Å². The van der Waals surface area contributed by atoms with Gasteiger partial charge in [0.2, 0.25) is 0 Å². The maximum atomic E-state index is 12.5. The standard InChI is InChI=1S/C21H17BrN2O5/c1-28-16-10-11-18(19(12-16)24(26)27)23-21(25)15-8-6-14(7-9-15)13-29-20-5-3-2-4-17(20)22/h2-12H,13H2,1H3,(H,23,25). The topological polar surface area (TPSA) is 90.7 Å². The van der Waals surface area contributed by atoms with Crippen LogP contribution >= 0.6 is 15.9 Å². The molecule has 0 saturated heterocycles. The summed E-state index contributed by atoms with van der Waals surface area (Å²) in [5.41, 5.74) is 1.12. The smallest absolute Gasteiger partial charge is 0.296 e. The summed E-state index contributed by atoms with van der Waals surface area (Å²) in [6, 6.07) is 18.6. The van der Waals surface area contributed by atoms with Gasteiger partial charge in [-0.3, -0.25) is 14.9 Å². The number of carbonyl (C=O) groups is 1. The Labute approximate surface area is 175 Å². The van der Waals surface area contributed by atoms with Crippen LogP contribution < -0.4 is 14.8 Å². The van der Waals surface area contributed by atoms with E-state index in [2.05, 4.69) is 21.2 Å². The van der Waals surface area contributed by atoms with Gasteiger partial charge in [-0.2, -0.15) is 0 Å². The average molecular weight is 457 g/mol. The van der Waals surface area contributed by atoms with E-state index in [1.807, 2.05) is 24.3 Å². The lowest BCUT2D eigenvalue weighted by atomic mass is 10.1. The number of nitrogens with zero attached hydrogens (tertiary/aromatic N) is 1. The van der Waals surface area contributed by atoms with Crippen LogP contribution in [0.5, 0.6) is 11.5 Å². The zero-order valence-electron chi connectivity index (χ0n) is 15.4. The molecule has 8 heteroatoms. The number of para-hydroxylation sites is 1. The van der Waals surface area contributed by atoms with Crippen molar-refractivity contribution in [3.05, 3.63) is 92.4 Å². The molecule has 0 aliphatic rings. The normalized spacial score (nSPS) is 10.3. The number of benzene rings is 3. The molecule has 3 aromatic rings. The number of carbonyl (C=O) groups excluding carboxylic acids is 1. The fourth-order valence-electron chi connectivity index (χ4n) is 2.56. The number of nitrogens with one attached hydrogen (secondary N) is 1. The SMILES string of the molecule is COc1ccc(NC(=O)c2ccc(COc3ccccc3Br)cc2)c([N+](=O)[O-])c1. The van der Waals surface area contributed by atoms with Crippen molar-refractivity contribution < 1.29 is 19.2 Å². The lowest BCUT2D eigenvalue weighted by Crippen LogP contribution is -2.13. The summed E-state index contributed by atoms with van der Waals surface area (Å²) >= 11 is 3.42. The second kappa shape index (κ2) is 9.20. The molecule has 0 atom stereocenters. The minimum atomic E-state index is -0.569. The molecule has 0 aliphatic carbocycles. The highest BCUT2D eigenvalue weighted by atomic mass is 79.9. The number of hydrogen-bond donors (Lipinski definition) is 1. The molecule has 0 fully saturated rings. The van der Waals surface area contributed by atoms with Crippen LogP contribution in [0.4, 0.5) is 11.4 Å². The number of methoxy groups -OCH3 is 1. The quantitative estimate of drug-likeness (QED) is 0.389. The Balaban J connectivity index is 1.68. The highest BCUT2D eigenvalue weighted by Crippen LogP contribution is 2.29. The number of nitro benzene ring substituents is 1. The molecule has 0 aromatic heterocycles. The molecule has 0 radical (unpaired) electrons. The average Bonchev–Trinajstić information content (AvgIpc) is 2.73. The zero-order chi connectivity index (χ0) is 20.8. The van der Waals surface area contributed by atoms with Crippen LogP contribution in [0, 0.1) is 10.1 Å². The number of anilines is 1. The third-order valence-corrected chi connectivity index (χ3v) is 4.75. The maximum absolute atomic E-state index is 12.5. The summed E-state index contributed by atoms with van der Waals surface area (Å²) < 4.78 is 11.6. The van der Waals surface area contributed by atoms with Crippen molar-refractivity contribution in [2.75, 3.05) is 12.4 Å². The van der Waals surface area contributed by atoms with Crippen LogP contribution in [-0.4, -0.2) is 17.9 Å². The van der Waals surface area contributed by atoms with Gasteiger partial charge >= 0.3 is 0 Å². The largest absolute Gasteiger partial charge is 0.496 e. The lowest BCUT2D eigenvalue weighted by Gasteiger charge is -2.10. The Morgan fingerprint density at radius 3 is 2.48 bits per heavy atom. The predicted molar refractivity (Wildman–Crippen MR) is 113 cm³/mol. The molecule has 1 amide bonds. The van der Waals surface area contributed by atoms with E-state index in [-0.39, 0.29) is 11.4 Å². The zero-order valence-corrected chi connectivity index (χ0v) is 17.0. The molecule has 29 heavy (non-hydrogen) atoms. The molecule has 7 nitrogen and oxygen atoms in total. The summed E-state index contributed by atoms with van der Waals surface area (Å²) in [5.74, 6) is 0.613. The Hall–Kier alpha value is -3.39. The third-order valence-electron chi connectivity index (χ3n) is 4.10. The van der Waals surface area contributed by atoms with Gasteiger partial charge in [0.05, 0.1) is 22.6 Å². The van der Waals surface area contributed by atoms with Crippen molar-refractivity contribution in [1.82, 2.24) is 0 Å². The first-order valence-corrected chi connectivity index (χ1v) is 9.37. The summed E-state index contributed by atoms with van der Waals surface area (Å²) in [6.07, 6.45) is 0. The van der Waals surface area contributed by atoms with E-state index in [0.717, 1.165) is 15.8 Å². The number of amides is 1. The molecule has 3 rings (SSSR count). The molecule has 0 saturated carbocycles. The van der Waals surface area contributed by atoms with Gasteiger partial charge in [0.1, 0.15) is 23.8 Å². The minimum absolute atomic E-state index is 0.0992.